The lowest BCUT2D eigenvalue weighted by Crippen LogP contribution is -2.41. The average molecular weight is 300 g/mol. The topological polar surface area (TPSA) is 82.2 Å². The number of aromatic amines is 1. The summed E-state index contributed by atoms with van der Waals surface area (Å²) in [6, 6.07) is 5.01. The highest BCUT2D eigenvalue weighted by molar-refractivity contribution is 5.92. The van der Waals surface area contributed by atoms with E-state index in [2.05, 4.69) is 16.9 Å². The maximum atomic E-state index is 12.1. The number of aliphatic carboxylic acids is 1. The molecule has 1 unspecified atom stereocenters. The fourth-order valence-electron chi connectivity index (χ4n) is 2.55. The predicted octanol–water partition coefficient (Wildman–Crippen LogP) is 2.55. The monoisotopic (exact) mass is 300 g/mol. The maximum absolute atomic E-state index is 12.1. The van der Waals surface area contributed by atoms with Gasteiger partial charge in [-0.1, -0.05) is 18.2 Å². The van der Waals surface area contributed by atoms with Crippen molar-refractivity contribution >= 4 is 22.8 Å². The summed E-state index contributed by atoms with van der Waals surface area (Å²) in [6.07, 6.45) is 4.49. The molecule has 0 aliphatic rings. The van der Waals surface area contributed by atoms with Crippen molar-refractivity contribution in [2.45, 2.75) is 32.2 Å². The van der Waals surface area contributed by atoms with E-state index in [9.17, 15) is 9.59 Å². The van der Waals surface area contributed by atoms with E-state index >= 15 is 0 Å². The molecule has 3 N–H and O–H groups in total. The van der Waals surface area contributed by atoms with E-state index in [4.69, 9.17) is 5.11 Å². The molecule has 0 bridgehead atoms. The molecule has 2 aromatic rings. The van der Waals surface area contributed by atoms with Crippen LogP contribution in [0.15, 0.2) is 37.1 Å². The van der Waals surface area contributed by atoms with E-state index in [0.717, 1.165) is 22.0 Å². The summed E-state index contributed by atoms with van der Waals surface area (Å²) in [5, 5.41) is 12.7. The number of hydrogen-bond acceptors (Lipinski definition) is 2. The molecule has 5 nitrogen and oxygen atoms in total. The van der Waals surface area contributed by atoms with Gasteiger partial charge >= 0.3 is 5.97 Å². The van der Waals surface area contributed by atoms with Crippen molar-refractivity contribution in [3.05, 3.63) is 48.2 Å². The molecular weight excluding hydrogens is 280 g/mol. The molecule has 1 atom stereocenters. The summed E-state index contributed by atoms with van der Waals surface area (Å²) < 4.78 is 0. The predicted molar refractivity (Wildman–Crippen MR) is 85.7 cm³/mol. The number of fused-ring (bicyclic) bond motifs is 1. The lowest BCUT2D eigenvalue weighted by molar-refractivity contribution is -0.141. The van der Waals surface area contributed by atoms with Gasteiger partial charge in [-0.3, -0.25) is 4.79 Å². The number of carboxylic acids is 1. The van der Waals surface area contributed by atoms with Crippen LogP contribution in [0, 0.1) is 6.92 Å². The van der Waals surface area contributed by atoms with Crippen molar-refractivity contribution in [1.82, 2.24) is 10.3 Å². The highest BCUT2D eigenvalue weighted by Gasteiger charge is 2.20. The number of aryl methyl sites for hydroxylation is 1. The van der Waals surface area contributed by atoms with Crippen molar-refractivity contribution < 1.29 is 14.7 Å². The smallest absolute Gasteiger partial charge is 0.326 e. The second-order valence-electron chi connectivity index (χ2n) is 5.31. The summed E-state index contributed by atoms with van der Waals surface area (Å²) in [5.74, 6) is -1.31. The first-order valence-corrected chi connectivity index (χ1v) is 7.21. The Bertz CT molecular complexity index is 703. The molecular formula is C17H20N2O3. The molecule has 0 spiro atoms. The second-order valence-corrected chi connectivity index (χ2v) is 5.31. The Hall–Kier alpha value is -2.56. The number of amides is 1. The molecule has 0 aliphatic carbocycles. The first-order valence-electron chi connectivity index (χ1n) is 7.21. The largest absolute Gasteiger partial charge is 0.480 e. The number of nitrogens with one attached hydrogen (secondary N) is 2. The number of H-pyrrole nitrogens is 1. The molecule has 0 radical (unpaired) electrons. The van der Waals surface area contributed by atoms with Crippen LogP contribution in [0.3, 0.4) is 0 Å². The van der Waals surface area contributed by atoms with Crippen LogP contribution in [0.2, 0.25) is 0 Å². The molecule has 1 aromatic carbocycles. The van der Waals surface area contributed by atoms with Crippen molar-refractivity contribution in [2.75, 3.05) is 0 Å². The molecule has 1 heterocycles. The highest BCUT2D eigenvalue weighted by Crippen LogP contribution is 2.22. The lowest BCUT2D eigenvalue weighted by Gasteiger charge is -2.13. The van der Waals surface area contributed by atoms with Crippen LogP contribution < -0.4 is 5.32 Å². The van der Waals surface area contributed by atoms with Crippen LogP contribution in [0.5, 0.6) is 0 Å². The zero-order valence-corrected chi connectivity index (χ0v) is 12.6. The van der Waals surface area contributed by atoms with Crippen LogP contribution in [0.25, 0.3) is 10.9 Å². The third kappa shape index (κ3) is 3.55. The number of carboxylic acid groups (broad SMARTS) is 1. The van der Waals surface area contributed by atoms with E-state index in [1.54, 1.807) is 12.3 Å². The summed E-state index contributed by atoms with van der Waals surface area (Å²) in [7, 11) is 0. The van der Waals surface area contributed by atoms with Gasteiger partial charge < -0.3 is 15.4 Å². The van der Waals surface area contributed by atoms with Gasteiger partial charge in [-0.25, -0.2) is 4.79 Å². The zero-order chi connectivity index (χ0) is 16.1. The number of hydrogen-bond donors (Lipinski definition) is 3. The summed E-state index contributed by atoms with van der Waals surface area (Å²) >= 11 is 0. The van der Waals surface area contributed by atoms with Gasteiger partial charge in [-0.15, -0.1) is 6.58 Å². The van der Waals surface area contributed by atoms with Crippen molar-refractivity contribution in [3.63, 3.8) is 0 Å². The van der Waals surface area contributed by atoms with Crippen LogP contribution in [0.4, 0.5) is 0 Å². The molecule has 22 heavy (non-hydrogen) atoms. The molecule has 2 rings (SSSR count). The molecule has 0 saturated heterocycles. The Balaban J connectivity index is 2.10. The van der Waals surface area contributed by atoms with Gasteiger partial charge in [0.25, 0.3) is 0 Å². The van der Waals surface area contributed by atoms with Gasteiger partial charge in [-0.2, -0.15) is 0 Å². The first-order chi connectivity index (χ1) is 10.5. The van der Waals surface area contributed by atoms with Gasteiger partial charge in [-0.05, 0) is 37.0 Å². The Morgan fingerprint density at radius 2 is 2.23 bits per heavy atom. The number of aromatic nitrogens is 1. The van der Waals surface area contributed by atoms with Crippen molar-refractivity contribution in [3.8, 4) is 0 Å². The normalized spacial score (nSPS) is 12.0. The summed E-state index contributed by atoms with van der Waals surface area (Å²) in [5.41, 5.74) is 2.94. The van der Waals surface area contributed by atoms with E-state index in [1.165, 1.54) is 0 Å². The molecule has 5 heteroatoms. The van der Waals surface area contributed by atoms with Crippen LogP contribution >= 0.6 is 0 Å². The number of rotatable bonds is 7. The average Bonchev–Trinajstić information content (AvgIpc) is 2.87. The molecule has 0 fully saturated rings. The molecule has 0 saturated carbocycles. The molecule has 0 aliphatic heterocycles. The Labute approximate surface area is 129 Å². The quantitative estimate of drug-likeness (QED) is 0.687. The van der Waals surface area contributed by atoms with Gasteiger partial charge in [0.1, 0.15) is 6.04 Å². The molecule has 116 valence electrons. The third-order valence-electron chi connectivity index (χ3n) is 3.64. The fourth-order valence-corrected chi connectivity index (χ4v) is 2.55. The van der Waals surface area contributed by atoms with E-state index < -0.39 is 12.0 Å². The second kappa shape index (κ2) is 6.93. The Morgan fingerprint density at radius 1 is 1.45 bits per heavy atom. The van der Waals surface area contributed by atoms with Gasteiger partial charge in [0.2, 0.25) is 5.91 Å². The lowest BCUT2D eigenvalue weighted by atomic mass is 10.0. The van der Waals surface area contributed by atoms with Crippen LogP contribution in [-0.4, -0.2) is 28.0 Å². The Kier molecular flexibility index (Phi) is 4.99. The minimum absolute atomic E-state index is 0.155. The fraction of sp³-hybridized carbons (Fsp3) is 0.294. The van der Waals surface area contributed by atoms with E-state index in [-0.39, 0.29) is 12.3 Å². The summed E-state index contributed by atoms with van der Waals surface area (Å²) in [4.78, 5) is 26.4. The SMILES string of the molecule is C=CCCC(NC(=O)Cc1c[nH]c2cccc(C)c12)C(=O)O. The van der Waals surface area contributed by atoms with Crippen LogP contribution in [-0.2, 0) is 16.0 Å². The third-order valence-corrected chi connectivity index (χ3v) is 3.64. The van der Waals surface area contributed by atoms with Crippen LogP contribution in [0.1, 0.15) is 24.0 Å². The number of carbonyl (C=O) groups is 2. The highest BCUT2D eigenvalue weighted by atomic mass is 16.4. The zero-order valence-electron chi connectivity index (χ0n) is 12.6. The molecule has 1 amide bonds. The van der Waals surface area contributed by atoms with E-state index in [0.29, 0.717) is 12.8 Å². The van der Waals surface area contributed by atoms with E-state index in [1.807, 2.05) is 25.1 Å². The van der Waals surface area contributed by atoms with Gasteiger partial charge in [0.15, 0.2) is 0 Å². The Morgan fingerprint density at radius 3 is 2.91 bits per heavy atom. The van der Waals surface area contributed by atoms with Gasteiger partial charge in [0, 0.05) is 17.1 Å². The van der Waals surface area contributed by atoms with Crippen molar-refractivity contribution in [2.24, 2.45) is 0 Å². The van der Waals surface area contributed by atoms with Gasteiger partial charge in [0.05, 0.1) is 6.42 Å². The standard InChI is InChI=1S/C17H20N2O3/c1-3-4-7-14(17(21)22)19-15(20)9-12-10-18-13-8-5-6-11(2)16(12)13/h3,5-6,8,10,14,18H,1,4,7,9H2,2H3,(H,19,20)(H,21,22). The minimum Gasteiger partial charge on any atom is -0.480 e. The maximum Gasteiger partial charge on any atom is 0.326 e. The summed E-state index contributed by atoms with van der Waals surface area (Å²) in [6.45, 7) is 5.55. The van der Waals surface area contributed by atoms with Crippen molar-refractivity contribution in [1.29, 1.82) is 0 Å². The number of allylic oxidation sites excluding steroid dienone is 1. The first kappa shape index (κ1) is 15.8. The number of benzene rings is 1. The molecule has 1 aromatic heterocycles. The minimum atomic E-state index is -1.02. The number of carbonyl (C=O) groups excluding carboxylic acids is 1.